The van der Waals surface area contributed by atoms with Crippen LogP contribution < -0.4 is 11.1 Å². The second kappa shape index (κ2) is 2.73. The van der Waals surface area contributed by atoms with Crippen molar-refractivity contribution in [2.45, 2.75) is 25.7 Å². The third-order valence-electron chi connectivity index (χ3n) is 3.61. The lowest BCUT2D eigenvalue weighted by Crippen LogP contribution is -2.52. The van der Waals surface area contributed by atoms with Crippen molar-refractivity contribution in [3.63, 3.8) is 0 Å². The zero-order valence-corrected chi connectivity index (χ0v) is 7.31. The topological polar surface area (TPSA) is 55.1 Å². The van der Waals surface area contributed by atoms with Crippen LogP contribution in [0.25, 0.3) is 0 Å². The maximum absolute atomic E-state index is 11.1. The summed E-state index contributed by atoms with van der Waals surface area (Å²) in [5.74, 6) is 0.0998. The van der Waals surface area contributed by atoms with E-state index in [-0.39, 0.29) is 11.8 Å². The van der Waals surface area contributed by atoms with Crippen LogP contribution in [0.3, 0.4) is 0 Å². The number of primary amides is 1. The van der Waals surface area contributed by atoms with Crippen molar-refractivity contribution >= 4 is 5.91 Å². The third-order valence-corrected chi connectivity index (χ3v) is 3.61. The standard InChI is InChI=1S/C9H16N2O/c10-8(12)7-1-2-9(7)3-5-11-6-4-9/h7,11H,1-6H2,(H2,10,12). The first-order chi connectivity index (χ1) is 5.75. The highest BCUT2D eigenvalue weighted by Crippen LogP contribution is 2.52. The molecule has 2 fully saturated rings. The molecule has 1 unspecified atom stereocenters. The number of rotatable bonds is 1. The van der Waals surface area contributed by atoms with E-state index in [9.17, 15) is 4.79 Å². The van der Waals surface area contributed by atoms with Crippen molar-refractivity contribution in [1.29, 1.82) is 0 Å². The Bertz CT molecular complexity index is 197. The Balaban J connectivity index is 2.05. The highest BCUT2D eigenvalue weighted by atomic mass is 16.1. The van der Waals surface area contributed by atoms with E-state index in [1.807, 2.05) is 0 Å². The van der Waals surface area contributed by atoms with E-state index in [1.165, 1.54) is 6.42 Å². The minimum Gasteiger partial charge on any atom is -0.369 e. The van der Waals surface area contributed by atoms with Gasteiger partial charge in [-0.05, 0) is 44.2 Å². The summed E-state index contributed by atoms with van der Waals surface area (Å²) in [5, 5.41) is 3.32. The number of carbonyl (C=O) groups excluding carboxylic acids is 1. The first kappa shape index (κ1) is 8.05. The van der Waals surface area contributed by atoms with Gasteiger partial charge < -0.3 is 11.1 Å². The molecule has 1 atom stereocenters. The molecule has 1 aliphatic carbocycles. The van der Waals surface area contributed by atoms with Gasteiger partial charge in [-0.25, -0.2) is 0 Å². The van der Waals surface area contributed by atoms with Gasteiger partial charge >= 0.3 is 0 Å². The molecule has 12 heavy (non-hydrogen) atoms. The van der Waals surface area contributed by atoms with Crippen LogP contribution in [0.4, 0.5) is 0 Å². The van der Waals surface area contributed by atoms with E-state index in [4.69, 9.17) is 5.73 Å². The van der Waals surface area contributed by atoms with Crippen LogP contribution >= 0.6 is 0 Å². The van der Waals surface area contributed by atoms with Crippen LogP contribution in [-0.4, -0.2) is 19.0 Å². The maximum Gasteiger partial charge on any atom is 0.221 e. The Hall–Kier alpha value is -0.570. The second-order valence-corrected chi connectivity index (χ2v) is 4.11. The molecule has 1 saturated carbocycles. The fourth-order valence-electron chi connectivity index (χ4n) is 2.66. The van der Waals surface area contributed by atoms with Crippen LogP contribution in [0.15, 0.2) is 0 Å². The summed E-state index contributed by atoms with van der Waals surface area (Å²) >= 11 is 0. The van der Waals surface area contributed by atoms with E-state index in [0.29, 0.717) is 5.41 Å². The minimum atomic E-state index is -0.0804. The monoisotopic (exact) mass is 168 g/mol. The van der Waals surface area contributed by atoms with Crippen molar-refractivity contribution in [2.75, 3.05) is 13.1 Å². The van der Waals surface area contributed by atoms with Gasteiger partial charge in [-0.2, -0.15) is 0 Å². The molecule has 0 aromatic carbocycles. The molecular formula is C9H16N2O. The van der Waals surface area contributed by atoms with E-state index in [2.05, 4.69) is 5.32 Å². The van der Waals surface area contributed by atoms with Crippen LogP contribution in [-0.2, 0) is 4.79 Å². The number of piperidine rings is 1. The second-order valence-electron chi connectivity index (χ2n) is 4.11. The fourth-order valence-corrected chi connectivity index (χ4v) is 2.66. The van der Waals surface area contributed by atoms with Crippen molar-refractivity contribution < 1.29 is 4.79 Å². The van der Waals surface area contributed by atoms with Gasteiger partial charge in [0.25, 0.3) is 0 Å². The SMILES string of the molecule is NC(=O)C1CCC12CCNCC2. The Morgan fingerprint density at radius 3 is 2.42 bits per heavy atom. The molecule has 1 spiro atoms. The summed E-state index contributed by atoms with van der Waals surface area (Å²) in [6, 6.07) is 0. The highest BCUT2D eigenvalue weighted by molar-refractivity contribution is 5.78. The summed E-state index contributed by atoms with van der Waals surface area (Å²) in [4.78, 5) is 11.1. The van der Waals surface area contributed by atoms with Crippen molar-refractivity contribution in [3.8, 4) is 0 Å². The lowest BCUT2D eigenvalue weighted by Gasteiger charge is -2.50. The van der Waals surface area contributed by atoms with Crippen LogP contribution in [0.5, 0.6) is 0 Å². The molecule has 0 aromatic heterocycles. The molecular weight excluding hydrogens is 152 g/mol. The largest absolute Gasteiger partial charge is 0.369 e. The maximum atomic E-state index is 11.1. The van der Waals surface area contributed by atoms with E-state index in [1.54, 1.807) is 0 Å². The summed E-state index contributed by atoms with van der Waals surface area (Å²) in [7, 11) is 0. The van der Waals surface area contributed by atoms with E-state index >= 15 is 0 Å². The third kappa shape index (κ3) is 1.04. The van der Waals surface area contributed by atoms with Crippen molar-refractivity contribution in [3.05, 3.63) is 0 Å². The molecule has 1 amide bonds. The quantitative estimate of drug-likeness (QED) is 0.589. The molecule has 1 heterocycles. The van der Waals surface area contributed by atoms with Gasteiger partial charge in [0.1, 0.15) is 0 Å². The summed E-state index contributed by atoms with van der Waals surface area (Å²) < 4.78 is 0. The number of carbonyl (C=O) groups is 1. The van der Waals surface area contributed by atoms with E-state index in [0.717, 1.165) is 32.4 Å². The Morgan fingerprint density at radius 2 is 2.00 bits per heavy atom. The molecule has 0 aromatic rings. The first-order valence-electron chi connectivity index (χ1n) is 4.75. The molecule has 1 aliphatic heterocycles. The lowest BCUT2D eigenvalue weighted by molar-refractivity contribution is -0.134. The average molecular weight is 168 g/mol. The lowest BCUT2D eigenvalue weighted by atomic mass is 9.55. The number of hydrogen-bond acceptors (Lipinski definition) is 2. The molecule has 2 aliphatic rings. The summed E-state index contributed by atoms with van der Waals surface area (Å²) in [5.41, 5.74) is 5.65. The molecule has 68 valence electrons. The predicted octanol–water partition coefficient (Wildman–Crippen LogP) is 0.251. The van der Waals surface area contributed by atoms with Gasteiger partial charge in [-0.3, -0.25) is 4.79 Å². The van der Waals surface area contributed by atoms with Gasteiger partial charge in [0.2, 0.25) is 5.91 Å². The van der Waals surface area contributed by atoms with Gasteiger partial charge in [0.15, 0.2) is 0 Å². The Morgan fingerprint density at radius 1 is 1.33 bits per heavy atom. The van der Waals surface area contributed by atoms with Gasteiger partial charge in [0.05, 0.1) is 0 Å². The molecule has 0 radical (unpaired) electrons. The van der Waals surface area contributed by atoms with E-state index < -0.39 is 0 Å². The molecule has 3 nitrogen and oxygen atoms in total. The van der Waals surface area contributed by atoms with Gasteiger partial charge in [0, 0.05) is 5.92 Å². The van der Waals surface area contributed by atoms with Gasteiger partial charge in [-0.15, -0.1) is 0 Å². The van der Waals surface area contributed by atoms with Crippen LogP contribution in [0, 0.1) is 11.3 Å². The highest BCUT2D eigenvalue weighted by Gasteiger charge is 2.49. The van der Waals surface area contributed by atoms with Crippen LogP contribution in [0.1, 0.15) is 25.7 Å². The molecule has 0 bridgehead atoms. The Kier molecular flexibility index (Phi) is 1.83. The number of nitrogens with two attached hydrogens (primary N) is 1. The smallest absolute Gasteiger partial charge is 0.221 e. The van der Waals surface area contributed by atoms with Gasteiger partial charge in [-0.1, -0.05) is 0 Å². The zero-order chi connectivity index (χ0) is 8.60. The predicted molar refractivity (Wildman–Crippen MR) is 46.5 cm³/mol. The fraction of sp³-hybridized carbons (Fsp3) is 0.889. The molecule has 3 heteroatoms. The normalized spacial score (nSPS) is 32.8. The molecule has 2 rings (SSSR count). The van der Waals surface area contributed by atoms with Crippen molar-refractivity contribution in [1.82, 2.24) is 5.32 Å². The minimum absolute atomic E-state index is 0.0804. The zero-order valence-electron chi connectivity index (χ0n) is 7.31. The first-order valence-corrected chi connectivity index (χ1v) is 4.75. The number of amides is 1. The average Bonchev–Trinajstić information content (AvgIpc) is 2.03. The summed E-state index contributed by atoms with van der Waals surface area (Å²) in [6.07, 6.45) is 4.51. The number of nitrogens with one attached hydrogen (secondary N) is 1. The Labute approximate surface area is 72.7 Å². The van der Waals surface area contributed by atoms with Crippen LogP contribution in [0.2, 0.25) is 0 Å². The number of hydrogen-bond donors (Lipinski definition) is 2. The molecule has 1 saturated heterocycles. The van der Waals surface area contributed by atoms with Crippen molar-refractivity contribution in [2.24, 2.45) is 17.1 Å². The summed E-state index contributed by atoms with van der Waals surface area (Å²) in [6.45, 7) is 2.12. The molecule has 3 N–H and O–H groups in total.